The lowest BCUT2D eigenvalue weighted by Gasteiger charge is -2.28. The number of hydrogen-bond donors (Lipinski definition) is 1. The minimum atomic E-state index is -1.01. The van der Waals surface area contributed by atoms with E-state index >= 15 is 0 Å². The average molecular weight is 705 g/mol. The molecule has 1 N–H and O–H groups in total. The Morgan fingerprint density at radius 2 is 1.33 bits per heavy atom. The zero-order valence-corrected chi connectivity index (χ0v) is 32.0. The highest BCUT2D eigenvalue weighted by molar-refractivity contribution is 8.76. The molecular formula is C36H52N2O8S2. The maximum Gasteiger partial charge on any atom is 0.417 e. The fourth-order valence-electron chi connectivity index (χ4n) is 4.42. The van der Waals surface area contributed by atoms with Crippen LogP contribution in [-0.4, -0.2) is 66.8 Å². The van der Waals surface area contributed by atoms with Gasteiger partial charge >= 0.3 is 12.1 Å². The Hall–Kier alpha value is -3.38. The van der Waals surface area contributed by atoms with Gasteiger partial charge in [-0.2, -0.15) is 0 Å². The second kappa shape index (κ2) is 17.9. The van der Waals surface area contributed by atoms with Gasteiger partial charge < -0.3 is 24.3 Å². The van der Waals surface area contributed by atoms with E-state index in [1.165, 1.54) is 28.7 Å². The molecular weight excluding hydrogens is 653 g/mol. The molecule has 2 aromatic rings. The second-order valence-corrected chi connectivity index (χ2v) is 16.4. The molecule has 0 aliphatic carbocycles. The number of ether oxygens (including phenoxy) is 4. The summed E-state index contributed by atoms with van der Waals surface area (Å²) in [4.78, 5) is 58.0. The van der Waals surface area contributed by atoms with E-state index in [2.05, 4.69) is 5.32 Å². The highest BCUT2D eigenvalue weighted by atomic mass is 33.1. The molecule has 0 radical (unpaired) electrons. The number of carbonyl (C=O) groups is 4. The average Bonchev–Trinajstić information content (AvgIpc) is 2.97. The van der Waals surface area contributed by atoms with Crippen LogP contribution in [0.5, 0.6) is 11.5 Å². The number of para-hydroxylation sites is 1. The summed E-state index contributed by atoms with van der Waals surface area (Å²) in [6.45, 7) is 18.3. The molecule has 1 unspecified atom stereocenters. The second-order valence-electron chi connectivity index (χ2n) is 14.1. The summed E-state index contributed by atoms with van der Waals surface area (Å²) in [5.74, 6) is -1.12. The minimum absolute atomic E-state index is 0.0304. The number of rotatable bonds is 14. The van der Waals surface area contributed by atoms with Gasteiger partial charge in [-0.1, -0.05) is 50.6 Å². The molecule has 48 heavy (non-hydrogen) atoms. The fraction of sp³-hybridized carbons (Fsp3) is 0.556. The van der Waals surface area contributed by atoms with Gasteiger partial charge in [-0.25, -0.2) is 14.5 Å². The molecule has 2 aromatic carbocycles. The molecule has 0 aromatic heterocycles. The van der Waals surface area contributed by atoms with Crippen LogP contribution in [0.25, 0.3) is 0 Å². The molecule has 12 heteroatoms. The molecule has 0 spiro atoms. The molecule has 0 fully saturated rings. The Morgan fingerprint density at radius 1 is 0.750 bits per heavy atom. The van der Waals surface area contributed by atoms with Crippen LogP contribution in [0.1, 0.15) is 103 Å². The molecule has 10 nitrogen and oxygen atoms in total. The number of nitrogens with one attached hydrogen (secondary N) is 1. The van der Waals surface area contributed by atoms with Crippen molar-refractivity contribution in [2.45, 2.75) is 109 Å². The van der Waals surface area contributed by atoms with Crippen molar-refractivity contribution in [2.24, 2.45) is 11.8 Å². The van der Waals surface area contributed by atoms with Crippen LogP contribution in [0.3, 0.4) is 0 Å². The first-order valence-electron chi connectivity index (χ1n) is 16.0. The summed E-state index contributed by atoms with van der Waals surface area (Å²) in [6.07, 6.45) is -0.0401. The van der Waals surface area contributed by atoms with Crippen molar-refractivity contribution in [1.29, 1.82) is 0 Å². The lowest BCUT2D eigenvalue weighted by molar-refractivity contribution is -0.157. The summed E-state index contributed by atoms with van der Waals surface area (Å²) in [5.41, 5.74) is -1.83. The summed E-state index contributed by atoms with van der Waals surface area (Å²) in [6, 6.07) is 9.68. The van der Waals surface area contributed by atoms with Gasteiger partial charge in [0.1, 0.15) is 28.7 Å². The van der Waals surface area contributed by atoms with E-state index in [0.29, 0.717) is 23.5 Å². The number of esters is 1. The van der Waals surface area contributed by atoms with Crippen molar-refractivity contribution >= 4 is 45.5 Å². The quantitative estimate of drug-likeness (QED) is 0.152. The summed E-state index contributed by atoms with van der Waals surface area (Å²) < 4.78 is 22.4. The molecule has 0 heterocycles. The molecule has 0 saturated heterocycles. The fourth-order valence-corrected chi connectivity index (χ4v) is 6.74. The van der Waals surface area contributed by atoms with Gasteiger partial charge in [0.05, 0.1) is 30.2 Å². The number of hydrogen-bond acceptors (Lipinski definition) is 10. The summed E-state index contributed by atoms with van der Waals surface area (Å²) in [7, 11) is 5.52. The highest BCUT2D eigenvalue weighted by Gasteiger charge is 2.36. The van der Waals surface area contributed by atoms with Gasteiger partial charge in [0.25, 0.3) is 11.8 Å². The Kier molecular flexibility index (Phi) is 15.2. The van der Waals surface area contributed by atoms with Gasteiger partial charge in [0, 0.05) is 11.4 Å². The van der Waals surface area contributed by atoms with E-state index in [-0.39, 0.29) is 35.3 Å². The van der Waals surface area contributed by atoms with Gasteiger partial charge in [-0.3, -0.25) is 9.59 Å². The Balaban J connectivity index is 2.79. The molecule has 266 valence electrons. The first-order chi connectivity index (χ1) is 22.3. The van der Waals surface area contributed by atoms with Crippen molar-refractivity contribution < 1.29 is 38.1 Å². The lowest BCUT2D eigenvalue weighted by atomic mass is 10.0. The van der Waals surface area contributed by atoms with Crippen molar-refractivity contribution in [3.05, 3.63) is 47.5 Å². The lowest BCUT2D eigenvalue weighted by Crippen LogP contribution is -2.46. The molecule has 2 rings (SSSR count). The summed E-state index contributed by atoms with van der Waals surface area (Å²) >= 11 is 0. The number of amides is 3. The number of methoxy groups -OCH3 is 2. The molecule has 3 amide bonds. The zero-order valence-electron chi connectivity index (χ0n) is 30.3. The van der Waals surface area contributed by atoms with E-state index in [1.54, 1.807) is 60.8 Å². The summed E-state index contributed by atoms with van der Waals surface area (Å²) in [5, 5.41) is 2.85. The zero-order chi connectivity index (χ0) is 36.4. The molecule has 0 bridgehead atoms. The molecule has 0 aliphatic heterocycles. The Bertz CT molecular complexity index is 1430. The topological polar surface area (TPSA) is 120 Å². The number of nitrogens with zero attached hydrogens (tertiary/aromatic N) is 1. The van der Waals surface area contributed by atoms with Crippen LogP contribution in [0, 0.1) is 11.8 Å². The van der Waals surface area contributed by atoms with Gasteiger partial charge in [0.2, 0.25) is 0 Å². The van der Waals surface area contributed by atoms with E-state index in [0.717, 1.165) is 9.80 Å². The SMILES string of the molecule is COc1ccccc1SSc1ccc(OC)c(C(=O)N(CCC(C)C)C(=O)OC(C)(C)C)c1C(=O)NC(CC(C)C)C(=O)OC(C)(C)C. The largest absolute Gasteiger partial charge is 0.496 e. The maximum absolute atomic E-state index is 14.5. The van der Waals surface area contributed by atoms with Crippen LogP contribution in [0.2, 0.25) is 0 Å². The number of imide groups is 1. The van der Waals surface area contributed by atoms with Crippen LogP contribution in [0.4, 0.5) is 4.79 Å². The van der Waals surface area contributed by atoms with Gasteiger partial charge in [-0.05, 0) is 101 Å². The molecule has 1 atom stereocenters. The monoisotopic (exact) mass is 704 g/mol. The number of benzene rings is 2. The van der Waals surface area contributed by atoms with Gasteiger partial charge in [0.15, 0.2) is 0 Å². The molecule has 0 saturated carbocycles. The van der Waals surface area contributed by atoms with Crippen molar-refractivity contribution in [3.63, 3.8) is 0 Å². The normalized spacial score (nSPS) is 12.4. The van der Waals surface area contributed by atoms with Crippen LogP contribution in [-0.2, 0) is 14.3 Å². The Labute approximate surface area is 293 Å². The van der Waals surface area contributed by atoms with E-state index in [9.17, 15) is 19.2 Å². The number of carbonyl (C=O) groups excluding carboxylic acids is 4. The maximum atomic E-state index is 14.5. The van der Waals surface area contributed by atoms with Crippen molar-refractivity contribution in [2.75, 3.05) is 20.8 Å². The van der Waals surface area contributed by atoms with E-state index in [4.69, 9.17) is 18.9 Å². The predicted molar refractivity (Wildman–Crippen MR) is 191 cm³/mol. The smallest absolute Gasteiger partial charge is 0.417 e. The van der Waals surface area contributed by atoms with E-state index in [1.807, 2.05) is 52.0 Å². The molecule has 0 aliphatic rings. The first-order valence-corrected chi connectivity index (χ1v) is 18.2. The van der Waals surface area contributed by atoms with Crippen LogP contribution >= 0.6 is 21.6 Å². The minimum Gasteiger partial charge on any atom is -0.496 e. The third-order valence-electron chi connectivity index (χ3n) is 6.57. The van der Waals surface area contributed by atoms with Crippen LogP contribution < -0.4 is 14.8 Å². The predicted octanol–water partition coefficient (Wildman–Crippen LogP) is 8.41. The highest BCUT2D eigenvalue weighted by Crippen LogP contribution is 2.45. The third kappa shape index (κ3) is 12.6. The standard InChI is InChI=1S/C36H52N2O8S2/c1-22(2)19-20-38(34(42)46-36(8,9)10)32(40)29-26(44-12)17-18-28(48-47-27-16-14-13-15-25(27)43-11)30(29)31(39)37-24(21-23(3)4)33(41)45-35(5,6)7/h13-18,22-24H,19-21H2,1-12H3,(H,37,39). The van der Waals surface area contributed by atoms with E-state index < -0.39 is 41.1 Å². The van der Waals surface area contributed by atoms with Crippen molar-refractivity contribution in [1.82, 2.24) is 10.2 Å². The van der Waals surface area contributed by atoms with Crippen LogP contribution in [0.15, 0.2) is 46.2 Å². The first kappa shape index (κ1) is 40.8. The third-order valence-corrected chi connectivity index (χ3v) is 9.02. The Morgan fingerprint density at radius 3 is 1.88 bits per heavy atom. The van der Waals surface area contributed by atoms with Crippen molar-refractivity contribution in [3.8, 4) is 11.5 Å². The van der Waals surface area contributed by atoms with Gasteiger partial charge in [-0.15, -0.1) is 0 Å².